The molecule has 96 valence electrons. The van der Waals surface area contributed by atoms with Gasteiger partial charge in [0.05, 0.1) is 12.0 Å². The molecule has 1 atom stereocenters. The van der Waals surface area contributed by atoms with Crippen molar-refractivity contribution in [2.24, 2.45) is 29.6 Å². The van der Waals surface area contributed by atoms with E-state index in [1.54, 1.807) is 0 Å². The van der Waals surface area contributed by atoms with Crippen LogP contribution in [0.4, 0.5) is 0 Å². The van der Waals surface area contributed by atoms with Gasteiger partial charge < -0.3 is 4.74 Å². The van der Waals surface area contributed by atoms with Crippen LogP contribution >= 0.6 is 0 Å². The first-order valence-electron chi connectivity index (χ1n) is 7.37. The molecule has 0 heterocycles. The molecule has 2 heteroatoms. The Bertz CT molecular complexity index is 282. The molecular formula is C15H24O2. The lowest BCUT2D eigenvalue weighted by atomic mass is 9.52. The van der Waals surface area contributed by atoms with E-state index in [1.165, 1.54) is 32.1 Å². The molecular weight excluding hydrogens is 212 g/mol. The second-order valence-electron chi connectivity index (χ2n) is 6.61. The average molecular weight is 236 g/mol. The summed E-state index contributed by atoms with van der Waals surface area (Å²) >= 11 is 0. The number of esters is 1. The fraction of sp³-hybridized carbons (Fsp3) is 0.933. The SMILES string of the molecule is CCC(C)OC(=O)C1C2CC3CC(C2)CC1C3. The molecule has 4 bridgehead atoms. The van der Waals surface area contributed by atoms with Crippen molar-refractivity contribution in [1.82, 2.24) is 0 Å². The van der Waals surface area contributed by atoms with Gasteiger partial charge in [0.1, 0.15) is 0 Å². The van der Waals surface area contributed by atoms with Crippen molar-refractivity contribution in [1.29, 1.82) is 0 Å². The normalized spacial score (nSPS) is 44.7. The standard InChI is InChI=1S/C15H24O2/c1-3-9(2)17-15(16)14-12-5-10-4-11(7-12)8-13(14)6-10/h9-14H,3-8H2,1-2H3. The van der Waals surface area contributed by atoms with E-state index in [-0.39, 0.29) is 18.0 Å². The van der Waals surface area contributed by atoms with Crippen LogP contribution in [-0.2, 0) is 9.53 Å². The Labute approximate surface area is 104 Å². The second kappa shape index (κ2) is 4.29. The minimum absolute atomic E-state index is 0.0969. The van der Waals surface area contributed by atoms with Gasteiger partial charge >= 0.3 is 5.97 Å². The second-order valence-corrected chi connectivity index (χ2v) is 6.61. The van der Waals surface area contributed by atoms with Crippen molar-refractivity contribution in [2.75, 3.05) is 0 Å². The number of hydrogen-bond acceptors (Lipinski definition) is 2. The van der Waals surface area contributed by atoms with Crippen LogP contribution in [0.2, 0.25) is 0 Å². The Morgan fingerprint density at radius 1 is 1.12 bits per heavy atom. The first-order valence-corrected chi connectivity index (χ1v) is 7.37. The van der Waals surface area contributed by atoms with E-state index in [4.69, 9.17) is 4.74 Å². The highest BCUT2D eigenvalue weighted by molar-refractivity contribution is 5.73. The molecule has 1 unspecified atom stereocenters. The maximum absolute atomic E-state index is 12.3. The van der Waals surface area contributed by atoms with Crippen LogP contribution in [-0.4, -0.2) is 12.1 Å². The molecule has 0 spiro atoms. The zero-order chi connectivity index (χ0) is 12.0. The van der Waals surface area contributed by atoms with E-state index in [0.717, 1.165) is 18.3 Å². The van der Waals surface area contributed by atoms with E-state index in [9.17, 15) is 4.79 Å². The number of carbonyl (C=O) groups excluding carboxylic acids is 1. The number of carbonyl (C=O) groups is 1. The summed E-state index contributed by atoms with van der Waals surface area (Å²) in [5.74, 6) is 3.55. The van der Waals surface area contributed by atoms with Crippen molar-refractivity contribution < 1.29 is 9.53 Å². The summed E-state index contributed by atoms with van der Waals surface area (Å²) in [6.07, 6.45) is 7.67. The average Bonchev–Trinajstić information content (AvgIpc) is 2.27. The fourth-order valence-corrected chi connectivity index (χ4v) is 4.67. The Balaban J connectivity index is 1.69. The Kier molecular flexibility index (Phi) is 2.92. The molecule has 0 radical (unpaired) electrons. The van der Waals surface area contributed by atoms with Crippen LogP contribution in [0.5, 0.6) is 0 Å². The van der Waals surface area contributed by atoms with Crippen LogP contribution in [0.1, 0.15) is 52.4 Å². The summed E-state index contributed by atoms with van der Waals surface area (Å²) in [7, 11) is 0. The third kappa shape index (κ3) is 2.00. The lowest BCUT2D eigenvalue weighted by molar-refractivity contribution is -0.167. The predicted octanol–water partition coefficient (Wildman–Crippen LogP) is 3.40. The summed E-state index contributed by atoms with van der Waals surface area (Å²) in [4.78, 5) is 12.3. The number of rotatable bonds is 3. The largest absolute Gasteiger partial charge is 0.462 e. The van der Waals surface area contributed by atoms with Gasteiger partial charge in [-0.2, -0.15) is 0 Å². The lowest BCUT2D eigenvalue weighted by Gasteiger charge is -2.53. The smallest absolute Gasteiger partial charge is 0.309 e. The monoisotopic (exact) mass is 236 g/mol. The molecule has 0 aliphatic heterocycles. The van der Waals surface area contributed by atoms with Gasteiger partial charge in [-0.05, 0) is 69.1 Å². The fourth-order valence-electron chi connectivity index (χ4n) is 4.67. The van der Waals surface area contributed by atoms with E-state index in [2.05, 4.69) is 6.92 Å². The summed E-state index contributed by atoms with van der Waals surface area (Å²) in [5, 5.41) is 0. The summed E-state index contributed by atoms with van der Waals surface area (Å²) in [6.45, 7) is 4.09. The van der Waals surface area contributed by atoms with E-state index in [0.29, 0.717) is 11.8 Å². The molecule has 4 saturated carbocycles. The Hall–Kier alpha value is -0.530. The van der Waals surface area contributed by atoms with Gasteiger partial charge in [0.15, 0.2) is 0 Å². The van der Waals surface area contributed by atoms with Gasteiger partial charge in [-0.3, -0.25) is 4.79 Å². The van der Waals surface area contributed by atoms with Gasteiger partial charge in [-0.25, -0.2) is 0 Å². The van der Waals surface area contributed by atoms with Crippen molar-refractivity contribution in [3.05, 3.63) is 0 Å². The topological polar surface area (TPSA) is 26.3 Å². The predicted molar refractivity (Wildman–Crippen MR) is 66.4 cm³/mol. The Morgan fingerprint density at radius 2 is 1.65 bits per heavy atom. The molecule has 4 rings (SSSR count). The zero-order valence-electron chi connectivity index (χ0n) is 11.0. The third-order valence-electron chi connectivity index (χ3n) is 5.39. The quantitative estimate of drug-likeness (QED) is 0.702. The van der Waals surface area contributed by atoms with Crippen molar-refractivity contribution in [3.63, 3.8) is 0 Å². The molecule has 4 fully saturated rings. The van der Waals surface area contributed by atoms with Gasteiger partial charge in [-0.1, -0.05) is 6.92 Å². The molecule has 0 aromatic rings. The van der Waals surface area contributed by atoms with Crippen LogP contribution in [0.15, 0.2) is 0 Å². The molecule has 0 N–H and O–H groups in total. The molecule has 0 saturated heterocycles. The maximum atomic E-state index is 12.3. The molecule has 17 heavy (non-hydrogen) atoms. The highest BCUT2D eigenvalue weighted by atomic mass is 16.5. The van der Waals surface area contributed by atoms with Crippen LogP contribution < -0.4 is 0 Å². The third-order valence-corrected chi connectivity index (χ3v) is 5.39. The highest BCUT2D eigenvalue weighted by Crippen LogP contribution is 2.56. The molecule has 0 amide bonds. The maximum Gasteiger partial charge on any atom is 0.309 e. The highest BCUT2D eigenvalue weighted by Gasteiger charge is 2.51. The van der Waals surface area contributed by atoms with E-state index < -0.39 is 0 Å². The first-order chi connectivity index (χ1) is 8.17. The summed E-state index contributed by atoms with van der Waals surface area (Å²) in [6, 6.07) is 0. The minimum atomic E-state index is 0.0969. The number of hydrogen-bond donors (Lipinski definition) is 0. The van der Waals surface area contributed by atoms with Crippen molar-refractivity contribution in [3.8, 4) is 0 Å². The Morgan fingerprint density at radius 3 is 2.12 bits per heavy atom. The van der Waals surface area contributed by atoms with Crippen molar-refractivity contribution in [2.45, 2.75) is 58.5 Å². The van der Waals surface area contributed by atoms with Gasteiger partial charge in [0.2, 0.25) is 0 Å². The van der Waals surface area contributed by atoms with Crippen LogP contribution in [0, 0.1) is 29.6 Å². The lowest BCUT2D eigenvalue weighted by Crippen LogP contribution is -2.48. The summed E-state index contributed by atoms with van der Waals surface area (Å²) < 4.78 is 5.59. The van der Waals surface area contributed by atoms with E-state index in [1.807, 2.05) is 6.92 Å². The van der Waals surface area contributed by atoms with E-state index >= 15 is 0 Å². The minimum Gasteiger partial charge on any atom is -0.462 e. The van der Waals surface area contributed by atoms with Crippen molar-refractivity contribution >= 4 is 5.97 Å². The molecule has 0 aromatic carbocycles. The zero-order valence-corrected chi connectivity index (χ0v) is 11.0. The van der Waals surface area contributed by atoms with Crippen LogP contribution in [0.25, 0.3) is 0 Å². The van der Waals surface area contributed by atoms with Gasteiger partial charge in [0.25, 0.3) is 0 Å². The molecule has 2 nitrogen and oxygen atoms in total. The summed E-state index contributed by atoms with van der Waals surface area (Å²) in [5.41, 5.74) is 0. The molecule has 4 aliphatic rings. The molecule has 4 aliphatic carbocycles. The first kappa shape index (κ1) is 11.6. The van der Waals surface area contributed by atoms with Crippen LogP contribution in [0.3, 0.4) is 0 Å². The molecule has 0 aromatic heterocycles. The van der Waals surface area contributed by atoms with Gasteiger partial charge in [-0.15, -0.1) is 0 Å². The van der Waals surface area contributed by atoms with Gasteiger partial charge in [0, 0.05) is 0 Å². The number of ether oxygens (including phenoxy) is 1.